The average Bonchev–Trinajstić information content (AvgIpc) is 3.21. The molecule has 1 aromatic heterocycles. The van der Waals surface area contributed by atoms with Crippen molar-refractivity contribution in [2.45, 2.75) is 0 Å². The summed E-state index contributed by atoms with van der Waals surface area (Å²) in [5.41, 5.74) is 8.02. The van der Waals surface area contributed by atoms with E-state index in [1.54, 1.807) is 18.2 Å². The molecule has 4 aromatic rings. The highest BCUT2D eigenvalue weighted by Gasteiger charge is 2.11. The number of para-hydroxylation sites is 1. The number of primary amides is 1. The second-order valence-electron chi connectivity index (χ2n) is 6.56. The number of benzene rings is 3. The van der Waals surface area contributed by atoms with E-state index in [2.05, 4.69) is 10.3 Å². The number of amides is 2. The number of carbonyl (C=O) groups is 2. The zero-order valence-corrected chi connectivity index (χ0v) is 16.8. The smallest absolute Gasteiger partial charge is 0.251 e. The molecule has 2 amide bonds. The third kappa shape index (κ3) is 4.47. The van der Waals surface area contributed by atoms with Crippen molar-refractivity contribution < 1.29 is 14.3 Å². The molecule has 3 aromatic carbocycles. The predicted molar refractivity (Wildman–Crippen MR) is 118 cm³/mol. The number of nitrogens with zero attached hydrogens (tertiary/aromatic N) is 1. The largest absolute Gasteiger partial charge is 0.492 e. The van der Waals surface area contributed by atoms with Crippen LogP contribution in [0.1, 0.15) is 20.7 Å². The van der Waals surface area contributed by atoms with Crippen molar-refractivity contribution in [3.8, 4) is 16.3 Å². The lowest BCUT2D eigenvalue weighted by Crippen LogP contribution is -2.28. The van der Waals surface area contributed by atoms with Gasteiger partial charge in [-0.1, -0.05) is 30.3 Å². The normalized spacial score (nSPS) is 10.7. The number of rotatable bonds is 7. The molecule has 0 aliphatic carbocycles. The van der Waals surface area contributed by atoms with E-state index in [9.17, 15) is 9.59 Å². The van der Waals surface area contributed by atoms with Gasteiger partial charge in [-0.05, 0) is 42.5 Å². The van der Waals surface area contributed by atoms with Gasteiger partial charge in [-0.2, -0.15) is 0 Å². The van der Waals surface area contributed by atoms with Crippen LogP contribution in [-0.2, 0) is 0 Å². The highest BCUT2D eigenvalue weighted by Crippen LogP contribution is 2.30. The summed E-state index contributed by atoms with van der Waals surface area (Å²) in [5.74, 6) is 0.152. The quantitative estimate of drug-likeness (QED) is 0.446. The molecule has 0 saturated carbocycles. The van der Waals surface area contributed by atoms with E-state index < -0.39 is 5.91 Å². The molecule has 30 heavy (non-hydrogen) atoms. The van der Waals surface area contributed by atoms with Crippen molar-refractivity contribution in [1.29, 1.82) is 0 Å². The number of aromatic nitrogens is 1. The Morgan fingerprint density at radius 3 is 2.43 bits per heavy atom. The maximum atomic E-state index is 12.5. The molecule has 0 bridgehead atoms. The van der Waals surface area contributed by atoms with Crippen molar-refractivity contribution in [2.24, 2.45) is 5.73 Å². The lowest BCUT2D eigenvalue weighted by Gasteiger charge is -2.07. The Morgan fingerprint density at radius 2 is 1.70 bits per heavy atom. The van der Waals surface area contributed by atoms with Crippen LogP contribution < -0.4 is 15.8 Å². The topological polar surface area (TPSA) is 94.3 Å². The Hall–Kier alpha value is -3.71. The average molecular weight is 417 g/mol. The van der Waals surface area contributed by atoms with Gasteiger partial charge in [0.25, 0.3) is 5.91 Å². The number of ether oxygens (including phenoxy) is 1. The number of carbonyl (C=O) groups excluding carboxylic acids is 2. The molecule has 0 aliphatic rings. The number of nitrogens with one attached hydrogen (secondary N) is 1. The highest BCUT2D eigenvalue weighted by molar-refractivity contribution is 7.21. The number of nitrogens with two attached hydrogens (primary N) is 1. The molecule has 7 heteroatoms. The minimum absolute atomic E-state index is 0.158. The molecule has 0 saturated heterocycles. The number of hydrogen-bond donors (Lipinski definition) is 2. The third-order valence-corrected chi connectivity index (χ3v) is 5.53. The number of hydrogen-bond acceptors (Lipinski definition) is 5. The van der Waals surface area contributed by atoms with Gasteiger partial charge in [0.15, 0.2) is 0 Å². The van der Waals surface area contributed by atoms with E-state index in [-0.39, 0.29) is 5.91 Å². The van der Waals surface area contributed by atoms with Gasteiger partial charge in [-0.15, -0.1) is 11.3 Å². The molecular weight excluding hydrogens is 398 g/mol. The van der Waals surface area contributed by atoms with E-state index in [0.29, 0.717) is 24.3 Å². The molecule has 0 radical (unpaired) electrons. The molecular formula is C23H19N3O3S. The van der Waals surface area contributed by atoms with Gasteiger partial charge >= 0.3 is 0 Å². The Balaban J connectivity index is 1.41. The van der Waals surface area contributed by atoms with Crippen molar-refractivity contribution in [2.75, 3.05) is 13.2 Å². The maximum absolute atomic E-state index is 12.5. The fourth-order valence-corrected chi connectivity index (χ4v) is 3.93. The van der Waals surface area contributed by atoms with E-state index in [4.69, 9.17) is 10.5 Å². The van der Waals surface area contributed by atoms with Crippen LogP contribution in [0, 0.1) is 0 Å². The lowest BCUT2D eigenvalue weighted by atomic mass is 10.1. The van der Waals surface area contributed by atoms with Gasteiger partial charge in [0, 0.05) is 16.7 Å². The third-order valence-electron chi connectivity index (χ3n) is 4.47. The zero-order chi connectivity index (χ0) is 20.9. The van der Waals surface area contributed by atoms with Gasteiger partial charge in [0.05, 0.1) is 16.8 Å². The van der Waals surface area contributed by atoms with Crippen molar-refractivity contribution in [1.82, 2.24) is 10.3 Å². The lowest BCUT2D eigenvalue weighted by molar-refractivity contribution is 0.0946. The Bertz CT molecular complexity index is 1190. The van der Waals surface area contributed by atoms with Gasteiger partial charge in [0.2, 0.25) is 5.91 Å². The van der Waals surface area contributed by atoms with Crippen molar-refractivity contribution >= 4 is 33.4 Å². The minimum Gasteiger partial charge on any atom is -0.492 e. The summed E-state index contributed by atoms with van der Waals surface area (Å²) in [4.78, 5) is 28.3. The second-order valence-corrected chi connectivity index (χ2v) is 7.59. The van der Waals surface area contributed by atoms with E-state index in [1.165, 1.54) is 11.3 Å². The standard InChI is InChI=1S/C23H19N3O3S/c24-21(27)15-6-8-16(9-7-15)23-26-19-11-10-17(14-20(19)30-23)22(28)25-12-13-29-18-4-2-1-3-5-18/h1-11,14H,12-13H2,(H2,24,27)(H,25,28). The number of thiazole rings is 1. The second kappa shape index (κ2) is 8.75. The molecule has 0 atom stereocenters. The van der Waals surface area contributed by atoms with Crippen molar-refractivity contribution in [3.63, 3.8) is 0 Å². The van der Waals surface area contributed by atoms with Gasteiger partial charge in [-0.3, -0.25) is 9.59 Å². The summed E-state index contributed by atoms with van der Waals surface area (Å²) in [7, 11) is 0. The van der Waals surface area contributed by atoms with Crippen LogP contribution >= 0.6 is 11.3 Å². The van der Waals surface area contributed by atoms with Crippen LogP contribution in [0.5, 0.6) is 5.75 Å². The van der Waals surface area contributed by atoms with Crippen molar-refractivity contribution in [3.05, 3.63) is 83.9 Å². The van der Waals surface area contributed by atoms with Crippen LogP contribution in [0.4, 0.5) is 0 Å². The Kier molecular flexibility index (Phi) is 5.72. The first-order valence-electron chi connectivity index (χ1n) is 9.37. The predicted octanol–water partition coefficient (Wildman–Crippen LogP) is 3.87. The molecule has 4 rings (SSSR count). The molecule has 1 heterocycles. The Morgan fingerprint density at radius 1 is 0.967 bits per heavy atom. The fourth-order valence-electron chi connectivity index (χ4n) is 2.92. The van der Waals surface area contributed by atoms with Crippen LogP contribution in [0.15, 0.2) is 72.8 Å². The first-order chi connectivity index (χ1) is 14.6. The van der Waals surface area contributed by atoms with Gasteiger partial charge in [-0.25, -0.2) is 4.98 Å². The Labute approximate surface area is 177 Å². The SMILES string of the molecule is NC(=O)c1ccc(-c2nc3ccc(C(=O)NCCOc4ccccc4)cc3s2)cc1. The minimum atomic E-state index is -0.462. The summed E-state index contributed by atoms with van der Waals surface area (Å²) >= 11 is 1.49. The maximum Gasteiger partial charge on any atom is 0.251 e. The summed E-state index contributed by atoms with van der Waals surface area (Å²) in [6.07, 6.45) is 0. The van der Waals surface area contributed by atoms with Crippen LogP contribution in [-0.4, -0.2) is 29.9 Å². The molecule has 6 nitrogen and oxygen atoms in total. The van der Waals surface area contributed by atoms with Gasteiger partial charge < -0.3 is 15.8 Å². The van der Waals surface area contributed by atoms with E-state index in [1.807, 2.05) is 54.6 Å². The molecule has 150 valence electrons. The zero-order valence-electron chi connectivity index (χ0n) is 16.0. The highest BCUT2D eigenvalue weighted by atomic mass is 32.1. The van der Waals surface area contributed by atoms with Crippen LogP contribution in [0.25, 0.3) is 20.8 Å². The summed E-state index contributed by atoms with van der Waals surface area (Å²) < 4.78 is 6.50. The van der Waals surface area contributed by atoms with E-state index >= 15 is 0 Å². The monoisotopic (exact) mass is 417 g/mol. The molecule has 0 aliphatic heterocycles. The molecule has 0 spiro atoms. The number of fused-ring (bicyclic) bond motifs is 1. The van der Waals surface area contributed by atoms with Crippen LogP contribution in [0.3, 0.4) is 0 Å². The molecule has 0 unspecified atom stereocenters. The first kappa shape index (κ1) is 19.6. The molecule has 0 fully saturated rings. The molecule has 3 N–H and O–H groups in total. The van der Waals surface area contributed by atoms with Crippen LogP contribution in [0.2, 0.25) is 0 Å². The summed E-state index contributed by atoms with van der Waals surface area (Å²) in [6, 6.07) is 21.9. The first-order valence-corrected chi connectivity index (χ1v) is 10.2. The summed E-state index contributed by atoms with van der Waals surface area (Å²) in [5, 5.41) is 3.68. The van der Waals surface area contributed by atoms with E-state index in [0.717, 1.165) is 26.5 Å². The van der Waals surface area contributed by atoms with Gasteiger partial charge in [0.1, 0.15) is 17.4 Å². The fraction of sp³-hybridized carbons (Fsp3) is 0.0870. The summed E-state index contributed by atoms with van der Waals surface area (Å²) in [6.45, 7) is 0.802.